The second-order valence-electron chi connectivity index (χ2n) is 6.12. The second-order valence-corrected chi connectivity index (χ2v) is 7.80. The fourth-order valence-corrected chi connectivity index (χ4v) is 3.71. The Bertz CT molecular complexity index is 1000. The average molecular weight is 375 g/mol. The maximum Gasteiger partial charge on any atom is 0.299 e. The SMILES string of the molecule is [C-]#[N+]C1(NS(=O)(=O)c2ccc(N)c(C(=O)NCc3cc(C)no3)c2)CC1. The van der Waals surface area contributed by atoms with Crippen LogP contribution >= 0.6 is 0 Å². The minimum Gasteiger partial charge on any atom is -0.398 e. The lowest BCUT2D eigenvalue weighted by Gasteiger charge is -2.11. The minimum absolute atomic E-state index is 0.0248. The summed E-state index contributed by atoms with van der Waals surface area (Å²) in [5.74, 6) is -0.0764. The minimum atomic E-state index is -3.93. The molecule has 0 spiro atoms. The zero-order chi connectivity index (χ0) is 18.9. The highest BCUT2D eigenvalue weighted by atomic mass is 32.2. The van der Waals surface area contributed by atoms with Crippen molar-refractivity contribution in [3.05, 3.63) is 52.7 Å². The van der Waals surface area contributed by atoms with Gasteiger partial charge in [0.05, 0.1) is 35.5 Å². The number of nitrogen functional groups attached to an aromatic ring is 1. The highest BCUT2D eigenvalue weighted by Gasteiger charge is 2.54. The first-order valence-electron chi connectivity index (χ1n) is 7.77. The van der Waals surface area contributed by atoms with Gasteiger partial charge in [-0.05, 0) is 25.1 Å². The molecule has 0 atom stereocenters. The number of hydrogen-bond acceptors (Lipinski definition) is 6. The molecule has 136 valence electrons. The number of amides is 1. The van der Waals surface area contributed by atoms with Crippen molar-refractivity contribution in [2.24, 2.45) is 0 Å². The van der Waals surface area contributed by atoms with Crippen LogP contribution in [-0.4, -0.2) is 25.1 Å². The van der Waals surface area contributed by atoms with E-state index in [0.29, 0.717) is 24.3 Å². The number of hydrogen-bond donors (Lipinski definition) is 3. The smallest absolute Gasteiger partial charge is 0.299 e. The van der Waals surface area contributed by atoms with E-state index in [1.54, 1.807) is 13.0 Å². The maximum absolute atomic E-state index is 12.5. The predicted molar refractivity (Wildman–Crippen MR) is 92.2 cm³/mol. The molecule has 9 nitrogen and oxygen atoms in total. The van der Waals surface area contributed by atoms with Gasteiger partial charge in [0.15, 0.2) is 5.76 Å². The lowest BCUT2D eigenvalue weighted by molar-refractivity contribution is 0.0947. The largest absolute Gasteiger partial charge is 0.398 e. The van der Waals surface area contributed by atoms with Crippen molar-refractivity contribution in [3.8, 4) is 0 Å². The van der Waals surface area contributed by atoms with E-state index in [1.165, 1.54) is 18.2 Å². The molecule has 3 rings (SSSR count). The Kier molecular flexibility index (Phi) is 4.43. The van der Waals surface area contributed by atoms with E-state index in [1.807, 2.05) is 0 Å². The van der Waals surface area contributed by atoms with Gasteiger partial charge in [-0.1, -0.05) is 5.16 Å². The van der Waals surface area contributed by atoms with Crippen LogP contribution in [-0.2, 0) is 16.6 Å². The Morgan fingerprint density at radius 3 is 2.73 bits per heavy atom. The number of carbonyl (C=O) groups is 1. The van der Waals surface area contributed by atoms with E-state index in [4.69, 9.17) is 16.8 Å². The molecule has 4 N–H and O–H groups in total. The summed E-state index contributed by atoms with van der Waals surface area (Å²) in [4.78, 5) is 15.6. The van der Waals surface area contributed by atoms with Crippen LogP contribution in [0.4, 0.5) is 5.69 Å². The van der Waals surface area contributed by atoms with E-state index in [-0.39, 0.29) is 22.7 Å². The molecule has 1 aromatic carbocycles. The van der Waals surface area contributed by atoms with Crippen LogP contribution in [0, 0.1) is 13.5 Å². The Balaban J connectivity index is 1.78. The molecular formula is C16H17N5O4S. The number of rotatable bonds is 6. The van der Waals surface area contributed by atoms with E-state index < -0.39 is 21.6 Å². The van der Waals surface area contributed by atoms with Crippen molar-refractivity contribution >= 4 is 21.6 Å². The molecule has 0 saturated heterocycles. The number of anilines is 1. The molecule has 10 heteroatoms. The van der Waals surface area contributed by atoms with E-state index in [2.05, 4.69) is 20.0 Å². The van der Waals surface area contributed by atoms with Crippen molar-refractivity contribution in [1.29, 1.82) is 0 Å². The van der Waals surface area contributed by atoms with Crippen LogP contribution in [0.3, 0.4) is 0 Å². The fraction of sp³-hybridized carbons (Fsp3) is 0.312. The summed E-state index contributed by atoms with van der Waals surface area (Å²) in [7, 11) is -3.93. The van der Waals surface area contributed by atoms with Crippen LogP contribution in [0.5, 0.6) is 0 Å². The van der Waals surface area contributed by atoms with Crippen LogP contribution in [0.15, 0.2) is 33.7 Å². The summed E-state index contributed by atoms with van der Waals surface area (Å²) in [6, 6.07) is 5.51. The summed E-state index contributed by atoms with van der Waals surface area (Å²) >= 11 is 0. The van der Waals surface area contributed by atoms with Crippen LogP contribution in [0.25, 0.3) is 4.85 Å². The Hall–Kier alpha value is -2.90. The van der Waals surface area contributed by atoms with Crippen molar-refractivity contribution < 1.29 is 17.7 Å². The maximum atomic E-state index is 12.5. The summed E-state index contributed by atoms with van der Waals surface area (Å²) < 4.78 is 32.3. The highest BCUT2D eigenvalue weighted by Crippen LogP contribution is 2.38. The molecule has 1 amide bonds. The van der Waals surface area contributed by atoms with Gasteiger partial charge in [0.1, 0.15) is 0 Å². The number of aromatic nitrogens is 1. The molecule has 1 aromatic heterocycles. The van der Waals surface area contributed by atoms with Gasteiger partial charge >= 0.3 is 0 Å². The molecule has 1 saturated carbocycles. The predicted octanol–water partition coefficient (Wildman–Crippen LogP) is 1.18. The Morgan fingerprint density at radius 1 is 1.42 bits per heavy atom. The van der Waals surface area contributed by atoms with Crippen molar-refractivity contribution in [2.75, 3.05) is 5.73 Å². The van der Waals surface area contributed by atoms with Gasteiger partial charge in [0.25, 0.3) is 11.6 Å². The van der Waals surface area contributed by atoms with Crippen LogP contribution in [0.2, 0.25) is 0 Å². The third kappa shape index (κ3) is 3.68. The highest BCUT2D eigenvalue weighted by molar-refractivity contribution is 7.89. The van der Waals surface area contributed by atoms with Gasteiger partial charge in [-0.15, -0.1) is 4.72 Å². The molecular weight excluding hydrogens is 358 g/mol. The molecule has 0 bridgehead atoms. The van der Waals surface area contributed by atoms with Crippen molar-refractivity contribution in [2.45, 2.75) is 36.9 Å². The Morgan fingerprint density at radius 2 is 2.15 bits per heavy atom. The first-order valence-corrected chi connectivity index (χ1v) is 9.25. The average Bonchev–Trinajstić information content (AvgIpc) is 3.23. The monoisotopic (exact) mass is 375 g/mol. The van der Waals surface area contributed by atoms with Crippen molar-refractivity contribution in [3.63, 3.8) is 0 Å². The quantitative estimate of drug-likeness (QED) is 0.513. The van der Waals surface area contributed by atoms with Gasteiger partial charge in [0, 0.05) is 11.8 Å². The summed E-state index contributed by atoms with van der Waals surface area (Å²) in [5.41, 5.74) is 5.60. The van der Waals surface area contributed by atoms with E-state index in [0.717, 1.165) is 0 Å². The molecule has 0 unspecified atom stereocenters. The number of nitrogens with one attached hydrogen (secondary N) is 2. The molecule has 0 radical (unpaired) electrons. The molecule has 1 aliphatic carbocycles. The number of nitrogens with zero attached hydrogens (tertiary/aromatic N) is 2. The lowest BCUT2D eigenvalue weighted by Crippen LogP contribution is -2.34. The topological polar surface area (TPSA) is 132 Å². The van der Waals surface area contributed by atoms with E-state index in [9.17, 15) is 13.2 Å². The molecule has 2 aromatic rings. The first-order chi connectivity index (χ1) is 12.2. The molecule has 0 aliphatic heterocycles. The van der Waals surface area contributed by atoms with Gasteiger partial charge in [-0.2, -0.15) is 0 Å². The first kappa shape index (κ1) is 17.9. The fourth-order valence-electron chi connectivity index (χ4n) is 2.33. The number of nitrogens with two attached hydrogens (primary N) is 1. The summed E-state index contributed by atoms with van der Waals surface area (Å²) in [6.45, 7) is 8.94. The van der Waals surface area contributed by atoms with Crippen LogP contribution < -0.4 is 15.8 Å². The summed E-state index contributed by atoms with van der Waals surface area (Å²) in [5, 5.41) is 6.32. The standard InChI is InChI=1S/C16H17N5O4S/c1-10-7-11(25-20-10)9-19-15(22)13-8-12(3-4-14(13)17)26(23,24)21-16(18-2)5-6-16/h3-4,7-8,21H,5-6,9,17H2,1H3,(H,19,22). The molecule has 26 heavy (non-hydrogen) atoms. The zero-order valence-electron chi connectivity index (χ0n) is 13.9. The number of carbonyl (C=O) groups excluding carboxylic acids is 1. The van der Waals surface area contributed by atoms with Crippen LogP contribution in [0.1, 0.15) is 34.7 Å². The third-order valence-electron chi connectivity index (χ3n) is 3.94. The zero-order valence-corrected chi connectivity index (χ0v) is 14.8. The second kappa shape index (κ2) is 6.44. The lowest BCUT2D eigenvalue weighted by atomic mass is 10.1. The van der Waals surface area contributed by atoms with Gasteiger partial charge in [0.2, 0.25) is 10.0 Å². The van der Waals surface area contributed by atoms with Gasteiger partial charge < -0.3 is 15.6 Å². The molecule has 1 heterocycles. The summed E-state index contributed by atoms with van der Waals surface area (Å²) in [6.07, 6.45) is 0.934. The van der Waals surface area contributed by atoms with Gasteiger partial charge in [-0.25, -0.2) is 15.0 Å². The number of sulfonamides is 1. The Labute approximate surface area is 150 Å². The van der Waals surface area contributed by atoms with Crippen molar-refractivity contribution in [1.82, 2.24) is 15.2 Å². The molecule has 1 aliphatic rings. The number of aryl methyl sites for hydroxylation is 1. The normalized spacial score (nSPS) is 15.2. The third-order valence-corrected chi connectivity index (χ3v) is 5.46. The van der Waals surface area contributed by atoms with Gasteiger partial charge in [-0.3, -0.25) is 9.64 Å². The number of benzene rings is 1. The molecule has 1 fully saturated rings. The van der Waals surface area contributed by atoms with E-state index >= 15 is 0 Å².